The molecule has 5 saturated heterocycles. The summed E-state index contributed by atoms with van der Waals surface area (Å²) in [4.78, 5) is 112. The van der Waals surface area contributed by atoms with E-state index in [1.807, 2.05) is 6.92 Å². The second-order valence-corrected chi connectivity index (χ2v) is 25.1. The van der Waals surface area contributed by atoms with E-state index in [-0.39, 0.29) is 65.6 Å². The molecule has 0 atom stereocenters. The smallest absolute Gasteiger partial charge is 0.307 e. The molecule has 5 aliphatic rings. The molecule has 0 aliphatic carbocycles. The normalized spacial score (nSPS) is 17.6. The molecular weight excluding hydrogens is 1150 g/mol. The highest BCUT2D eigenvalue weighted by Crippen LogP contribution is 2.36. The van der Waals surface area contributed by atoms with Crippen LogP contribution in [0.15, 0.2) is 25.3 Å². The molecule has 0 radical (unpaired) electrons. The van der Waals surface area contributed by atoms with E-state index in [0.717, 1.165) is 176 Å². The van der Waals surface area contributed by atoms with E-state index in [4.69, 9.17) is 18.9 Å². The zero-order chi connectivity index (χ0) is 65.5. The lowest BCUT2D eigenvalue weighted by molar-refractivity contribution is -0.149. The van der Waals surface area contributed by atoms with Crippen LogP contribution in [0.25, 0.3) is 0 Å². The maximum Gasteiger partial charge on any atom is 0.307 e. The molecular formula is C68H122N10O12. The van der Waals surface area contributed by atoms with Gasteiger partial charge in [-0.15, -0.1) is 0 Å². The Morgan fingerprint density at radius 1 is 0.356 bits per heavy atom. The summed E-state index contributed by atoms with van der Waals surface area (Å²) >= 11 is 0. The third-order valence-electron chi connectivity index (χ3n) is 18.5. The number of piperazine rings is 5. The van der Waals surface area contributed by atoms with Gasteiger partial charge >= 0.3 is 23.9 Å². The number of allylic oxidation sites excluding steroid dienone is 2. The molecule has 0 aromatic carbocycles. The molecule has 4 N–H and O–H groups in total. The van der Waals surface area contributed by atoms with Crippen molar-refractivity contribution in [3.8, 4) is 0 Å². The molecule has 5 fully saturated rings. The van der Waals surface area contributed by atoms with Gasteiger partial charge in [0.15, 0.2) is 11.6 Å². The standard InChI is InChI=1S/C36H66N6O6.C28H46N2O6.C4H10N2/c1-3-5-30-47-34(45)10-20-41-26-28-42(29-27-41)21-11-35(46)48-31-36(4-2,12-6-32(43)8-18-39-22-14-37-15-23-39)13-7-33(44)9-19-40-24-16-38-17-25-40;1-5-9-22-35-26(33)12-16-29-18-20-30(21-19-29)17-13-27(34)36-23-28(8-4,14-10-24(31)6-2)15-11-25(32)7-3;1-2-6-4-3-5-1/h37-38H,3-31H2,1-2H3;6-7H,2-3,5,8-23H2,1,4H3;5-6H,1-4H2. The van der Waals surface area contributed by atoms with Crippen LogP contribution in [0.5, 0.6) is 0 Å². The number of hydrogen-bond donors (Lipinski definition) is 4. The van der Waals surface area contributed by atoms with E-state index in [1.54, 1.807) is 0 Å². The van der Waals surface area contributed by atoms with Gasteiger partial charge < -0.3 is 69.6 Å². The van der Waals surface area contributed by atoms with E-state index in [0.29, 0.717) is 136 Å². The van der Waals surface area contributed by atoms with E-state index in [9.17, 15) is 38.4 Å². The number of Topliss-reactive ketones (excluding diaryl/α,β-unsaturated/α-hetero) is 2. The summed E-state index contributed by atoms with van der Waals surface area (Å²) in [6.07, 6.45) is 14.3. The molecule has 0 aromatic rings. The van der Waals surface area contributed by atoms with Crippen LogP contribution in [0.1, 0.15) is 156 Å². The van der Waals surface area contributed by atoms with Gasteiger partial charge in [-0.25, -0.2) is 0 Å². The van der Waals surface area contributed by atoms with Crippen molar-refractivity contribution < 1.29 is 57.3 Å². The minimum absolute atomic E-state index is 0.0540. The molecule has 90 heavy (non-hydrogen) atoms. The van der Waals surface area contributed by atoms with Crippen molar-refractivity contribution in [3.05, 3.63) is 25.3 Å². The maximum atomic E-state index is 13.0. The Kier molecular flexibility index (Phi) is 43.7. The average molecular weight is 1270 g/mol. The fraction of sp³-hybridized carbons (Fsp3) is 0.824. The zero-order valence-corrected chi connectivity index (χ0v) is 56.5. The Morgan fingerprint density at radius 3 is 0.900 bits per heavy atom. The molecule has 516 valence electrons. The van der Waals surface area contributed by atoms with Crippen LogP contribution < -0.4 is 21.3 Å². The fourth-order valence-corrected chi connectivity index (χ4v) is 11.4. The van der Waals surface area contributed by atoms with Gasteiger partial charge in [-0.2, -0.15) is 0 Å². The lowest BCUT2D eigenvalue weighted by Gasteiger charge is -2.34. The topological polar surface area (TPSA) is 241 Å². The molecule has 0 amide bonds. The first-order valence-corrected chi connectivity index (χ1v) is 34.7. The number of ether oxygens (including phenoxy) is 4. The van der Waals surface area contributed by atoms with Crippen LogP contribution in [0, 0.1) is 10.8 Å². The van der Waals surface area contributed by atoms with Crippen LogP contribution in [0.3, 0.4) is 0 Å². The van der Waals surface area contributed by atoms with Gasteiger partial charge in [0.2, 0.25) is 0 Å². The average Bonchev–Trinajstić information content (AvgIpc) is 3.51. The van der Waals surface area contributed by atoms with Gasteiger partial charge in [0, 0.05) is 220 Å². The Bertz CT molecular complexity index is 1980. The number of ketones is 4. The molecule has 0 unspecified atom stereocenters. The molecule has 0 saturated carbocycles. The quantitative estimate of drug-likeness (QED) is 0.0275. The van der Waals surface area contributed by atoms with Crippen LogP contribution >= 0.6 is 0 Å². The minimum atomic E-state index is -0.420. The summed E-state index contributed by atoms with van der Waals surface area (Å²) < 4.78 is 22.0. The molecule has 0 bridgehead atoms. The second kappa shape index (κ2) is 49.3. The van der Waals surface area contributed by atoms with Crippen molar-refractivity contribution in [2.45, 2.75) is 156 Å². The van der Waals surface area contributed by atoms with Crippen LogP contribution in [-0.2, 0) is 57.3 Å². The predicted octanol–water partition coefficient (Wildman–Crippen LogP) is 4.87. The molecule has 5 aliphatic heterocycles. The highest BCUT2D eigenvalue weighted by Gasteiger charge is 2.33. The summed E-state index contributed by atoms with van der Waals surface area (Å²) in [5, 5.41) is 13.2. The Morgan fingerprint density at radius 2 is 0.622 bits per heavy atom. The third kappa shape index (κ3) is 37.4. The first kappa shape index (κ1) is 79.9. The first-order chi connectivity index (χ1) is 43.6. The van der Waals surface area contributed by atoms with Gasteiger partial charge in [-0.1, -0.05) is 53.7 Å². The van der Waals surface area contributed by atoms with Crippen LogP contribution in [0.2, 0.25) is 0 Å². The lowest BCUT2D eigenvalue weighted by atomic mass is 9.76. The number of carbonyl (C=O) groups is 8. The van der Waals surface area contributed by atoms with Crippen molar-refractivity contribution in [3.63, 3.8) is 0 Å². The number of unbranched alkanes of at least 4 members (excludes halogenated alkanes) is 2. The van der Waals surface area contributed by atoms with E-state index in [2.05, 4.69) is 84.6 Å². The summed E-state index contributed by atoms with van der Waals surface area (Å²) in [6.45, 7) is 40.1. The van der Waals surface area contributed by atoms with E-state index in [1.165, 1.54) is 12.2 Å². The maximum absolute atomic E-state index is 13.0. The largest absolute Gasteiger partial charge is 0.466 e. The van der Waals surface area contributed by atoms with Crippen molar-refractivity contribution in [1.82, 2.24) is 50.7 Å². The summed E-state index contributed by atoms with van der Waals surface area (Å²) in [5.74, 6) is -0.375. The first-order valence-electron chi connectivity index (χ1n) is 34.7. The van der Waals surface area contributed by atoms with Crippen molar-refractivity contribution in [2.24, 2.45) is 10.8 Å². The summed E-state index contributed by atoms with van der Waals surface area (Å²) in [7, 11) is 0. The Balaban J connectivity index is 0.000000444. The van der Waals surface area contributed by atoms with Crippen molar-refractivity contribution >= 4 is 47.0 Å². The number of nitrogens with zero attached hydrogens (tertiary/aromatic N) is 6. The fourth-order valence-electron chi connectivity index (χ4n) is 11.4. The molecule has 22 nitrogen and oxygen atoms in total. The molecule has 0 aromatic heterocycles. The summed E-state index contributed by atoms with van der Waals surface area (Å²) in [6, 6.07) is 0. The van der Waals surface area contributed by atoms with E-state index < -0.39 is 5.41 Å². The van der Waals surface area contributed by atoms with Gasteiger partial charge in [-0.05, 0) is 63.5 Å². The summed E-state index contributed by atoms with van der Waals surface area (Å²) in [5.41, 5.74) is -0.801. The third-order valence-corrected chi connectivity index (χ3v) is 18.5. The monoisotopic (exact) mass is 1270 g/mol. The van der Waals surface area contributed by atoms with Crippen molar-refractivity contribution in [1.29, 1.82) is 0 Å². The number of rotatable bonds is 44. The second-order valence-electron chi connectivity index (χ2n) is 25.1. The van der Waals surface area contributed by atoms with Crippen LogP contribution in [0.4, 0.5) is 0 Å². The number of hydrogen-bond acceptors (Lipinski definition) is 22. The Hall–Kier alpha value is -4.36. The van der Waals surface area contributed by atoms with Gasteiger partial charge in [-0.3, -0.25) is 38.4 Å². The highest BCUT2D eigenvalue weighted by molar-refractivity contribution is 5.89. The van der Waals surface area contributed by atoms with Crippen molar-refractivity contribution in [2.75, 3.05) is 197 Å². The molecule has 5 rings (SSSR count). The minimum Gasteiger partial charge on any atom is -0.466 e. The lowest BCUT2D eigenvalue weighted by Crippen LogP contribution is -2.47. The number of carbonyl (C=O) groups excluding carboxylic acids is 8. The predicted molar refractivity (Wildman–Crippen MR) is 354 cm³/mol. The van der Waals surface area contributed by atoms with Crippen LogP contribution in [-0.4, -0.2) is 273 Å². The highest BCUT2D eigenvalue weighted by atomic mass is 16.5. The molecule has 5 heterocycles. The molecule has 0 spiro atoms. The van der Waals surface area contributed by atoms with E-state index >= 15 is 0 Å². The zero-order valence-electron chi connectivity index (χ0n) is 56.5. The molecule has 22 heteroatoms. The number of nitrogens with one attached hydrogen (secondary N) is 4. The Labute approximate surface area is 541 Å². The SMILES string of the molecule is C1CNCCN1.C=CC(=O)CCC(CC)(CCC(=O)C=C)COC(=O)CCN1CCN(CCC(=O)OCCCC)CC1.CCCCOC(=O)CCN1CCN(CCC(=O)OCC(CC)(CCC(=O)CCN2CCNCC2)CCC(=O)CCN2CCNCC2)CC1. The van der Waals surface area contributed by atoms with Gasteiger partial charge in [0.25, 0.3) is 0 Å². The van der Waals surface area contributed by atoms with Gasteiger partial charge in [0.05, 0.1) is 52.1 Å². The van der Waals surface area contributed by atoms with Gasteiger partial charge in [0.1, 0.15) is 11.6 Å². The number of esters is 4.